The lowest BCUT2D eigenvalue weighted by Crippen LogP contribution is -2.18. The first-order valence-electron chi connectivity index (χ1n) is 21.1. The van der Waals surface area contributed by atoms with Crippen molar-refractivity contribution >= 4 is 61.3 Å². The van der Waals surface area contributed by atoms with Crippen LogP contribution in [0.4, 0.5) is 0 Å². The summed E-state index contributed by atoms with van der Waals surface area (Å²) < 4.78 is 62.8. The monoisotopic (exact) mass is 922 g/mol. The van der Waals surface area contributed by atoms with E-state index in [2.05, 4.69) is 15.6 Å². The molecule has 0 spiro atoms. The van der Waals surface area contributed by atoms with E-state index in [1.165, 1.54) is 14.2 Å². The number of carbonyl (C=O) groups excluding carboxylic acids is 4. The number of sulfone groups is 2. The third kappa shape index (κ3) is 10.9. The van der Waals surface area contributed by atoms with Gasteiger partial charge in [-0.3, -0.25) is 19.2 Å². The van der Waals surface area contributed by atoms with Gasteiger partial charge in [-0.1, -0.05) is 35.4 Å². The van der Waals surface area contributed by atoms with Gasteiger partial charge in [0.25, 0.3) is 11.8 Å². The predicted molar refractivity (Wildman–Crippen MR) is 249 cm³/mol. The number of nitrogens with one attached hydrogen (secondary N) is 3. The number of allylic oxidation sites excluding steroid dienone is 5. The SMILES string of the molecule is COC(=O)CCC1=C(C)C(/C=C2\NC(=O)C(C)=C2CCS(=O)(=O)c2ccc(C)cc2)=NC/1=C\c1[nH]c(/C=C2\NC(=O)C(CCS(=O)(=O)c3ccc(C)cc3)=C2C)c(C)c1CCC(=O)OC. The zero-order valence-electron chi connectivity index (χ0n) is 37.9. The summed E-state index contributed by atoms with van der Waals surface area (Å²) in [5, 5.41) is 5.78. The third-order valence-corrected chi connectivity index (χ3v) is 15.5. The second-order valence-electron chi connectivity index (χ2n) is 16.3. The number of esters is 2. The maximum atomic E-state index is 13.3. The number of aromatic nitrogens is 1. The van der Waals surface area contributed by atoms with Crippen LogP contribution in [0.1, 0.15) is 86.5 Å². The molecular formula is C49H54N4O10S2. The van der Waals surface area contributed by atoms with Crippen molar-refractivity contribution in [3.8, 4) is 0 Å². The predicted octanol–water partition coefficient (Wildman–Crippen LogP) is 6.96. The van der Waals surface area contributed by atoms with Crippen LogP contribution in [0.3, 0.4) is 0 Å². The zero-order valence-corrected chi connectivity index (χ0v) is 39.5. The molecule has 0 aliphatic carbocycles. The molecule has 3 aromatic rings. The Labute approximate surface area is 380 Å². The topological polar surface area (TPSA) is 207 Å². The number of aromatic amines is 1. The normalized spacial score (nSPS) is 17.5. The van der Waals surface area contributed by atoms with Crippen molar-refractivity contribution in [1.29, 1.82) is 0 Å². The van der Waals surface area contributed by atoms with Gasteiger partial charge in [0.15, 0.2) is 19.7 Å². The van der Waals surface area contributed by atoms with Gasteiger partial charge in [0.1, 0.15) is 0 Å². The van der Waals surface area contributed by atoms with Gasteiger partial charge >= 0.3 is 11.9 Å². The van der Waals surface area contributed by atoms with Crippen molar-refractivity contribution < 1.29 is 45.5 Å². The Bertz CT molecular complexity index is 2920. The van der Waals surface area contributed by atoms with Gasteiger partial charge in [-0.15, -0.1) is 0 Å². The van der Waals surface area contributed by atoms with Gasteiger partial charge in [0, 0.05) is 46.8 Å². The van der Waals surface area contributed by atoms with E-state index in [4.69, 9.17) is 14.5 Å². The van der Waals surface area contributed by atoms with E-state index < -0.39 is 31.6 Å². The summed E-state index contributed by atoms with van der Waals surface area (Å²) in [6, 6.07) is 13.2. The summed E-state index contributed by atoms with van der Waals surface area (Å²) in [6.45, 7) is 10.9. The molecule has 3 aliphatic heterocycles. The van der Waals surface area contributed by atoms with E-state index in [1.807, 2.05) is 33.8 Å². The molecule has 0 saturated carbocycles. The summed E-state index contributed by atoms with van der Waals surface area (Å²) in [5.74, 6) is -2.04. The molecule has 0 radical (unpaired) electrons. The van der Waals surface area contributed by atoms with Crippen molar-refractivity contribution in [2.75, 3.05) is 25.7 Å². The first kappa shape index (κ1) is 48.1. The molecule has 6 rings (SSSR count). The molecule has 3 N–H and O–H groups in total. The summed E-state index contributed by atoms with van der Waals surface area (Å²) in [5.41, 5.74) is 9.96. The van der Waals surface area contributed by atoms with Crippen molar-refractivity contribution in [1.82, 2.24) is 15.6 Å². The molecule has 0 bridgehead atoms. The quantitative estimate of drug-likeness (QED) is 0.119. The summed E-state index contributed by atoms with van der Waals surface area (Å²) in [7, 11) is -4.69. The van der Waals surface area contributed by atoms with Crippen LogP contribution in [-0.2, 0) is 54.7 Å². The maximum absolute atomic E-state index is 13.3. The van der Waals surface area contributed by atoms with Crippen LogP contribution in [0.5, 0.6) is 0 Å². The van der Waals surface area contributed by atoms with Crippen molar-refractivity contribution in [2.24, 2.45) is 4.99 Å². The summed E-state index contributed by atoms with van der Waals surface area (Å²) in [4.78, 5) is 60.0. The highest BCUT2D eigenvalue weighted by atomic mass is 32.2. The average molecular weight is 923 g/mol. The Morgan fingerprint density at radius 3 is 1.66 bits per heavy atom. The maximum Gasteiger partial charge on any atom is 0.305 e. The molecule has 14 nitrogen and oxygen atoms in total. The number of aryl methyl sites for hydroxylation is 2. The minimum absolute atomic E-state index is 0.0141. The van der Waals surface area contributed by atoms with Crippen LogP contribution in [0.15, 0.2) is 120 Å². The Morgan fingerprint density at radius 2 is 1.11 bits per heavy atom. The molecule has 2 aromatic carbocycles. The lowest BCUT2D eigenvalue weighted by Gasteiger charge is -2.09. The number of methoxy groups -OCH3 is 2. The number of nitrogens with zero attached hydrogens (tertiary/aromatic N) is 1. The van der Waals surface area contributed by atoms with E-state index in [-0.39, 0.29) is 71.6 Å². The van der Waals surface area contributed by atoms with Crippen LogP contribution in [0.2, 0.25) is 0 Å². The molecule has 16 heteroatoms. The first-order valence-corrected chi connectivity index (χ1v) is 24.4. The standard InChI is InChI=1S/C49H54N4O10S2/c1-28-9-13-34(14-10-28)64(58,59)23-21-38-33(6)48(56)53-45(38)26-41-31(4)37(18-20-47(55)63-8)44(51-41)27-43-36(17-19-46(54)62-7)30(3)40(50-43)25-42-32(5)39(49(57)52-42)22-24-65(60,61)35-15-11-29(2)12-16-35/h9-16,25-27,50H,17-24H2,1-8H3,(H,52,57)(H,53,56)/b42-25-,44-27-,45-26-. The van der Waals surface area contributed by atoms with Crippen LogP contribution in [0.25, 0.3) is 12.2 Å². The molecule has 0 atom stereocenters. The van der Waals surface area contributed by atoms with E-state index >= 15 is 0 Å². The Balaban J connectivity index is 1.36. The lowest BCUT2D eigenvalue weighted by molar-refractivity contribution is -0.141. The number of benzene rings is 2. The second kappa shape index (κ2) is 19.8. The smallest absolute Gasteiger partial charge is 0.305 e. The Hall–Kier alpha value is -6.39. The molecule has 3 aliphatic rings. The molecule has 65 heavy (non-hydrogen) atoms. The summed E-state index contributed by atoms with van der Waals surface area (Å²) >= 11 is 0. The van der Waals surface area contributed by atoms with E-state index in [0.29, 0.717) is 56.5 Å². The molecule has 4 heterocycles. The fraction of sp³-hybridized carbons (Fsp3) is 0.327. The van der Waals surface area contributed by atoms with Crippen LogP contribution < -0.4 is 10.6 Å². The molecule has 342 valence electrons. The fourth-order valence-electron chi connectivity index (χ4n) is 7.89. The lowest BCUT2D eigenvalue weighted by atomic mass is 9.98. The highest BCUT2D eigenvalue weighted by Crippen LogP contribution is 2.36. The number of aliphatic imine (C=N–C) groups is 1. The number of H-pyrrole nitrogens is 1. The first-order chi connectivity index (χ1) is 30.7. The van der Waals surface area contributed by atoms with Gasteiger partial charge in [-0.2, -0.15) is 0 Å². The molecule has 0 saturated heterocycles. The van der Waals surface area contributed by atoms with Gasteiger partial charge < -0.3 is 25.1 Å². The second-order valence-corrected chi connectivity index (χ2v) is 20.6. The van der Waals surface area contributed by atoms with Crippen molar-refractivity contribution in [3.05, 3.63) is 139 Å². The van der Waals surface area contributed by atoms with Crippen molar-refractivity contribution in [2.45, 2.75) is 89.9 Å². The number of carbonyl (C=O) groups is 4. The molecule has 0 fully saturated rings. The fourth-order valence-corrected chi connectivity index (χ4v) is 10.4. The number of hydrogen-bond acceptors (Lipinski definition) is 11. The van der Waals surface area contributed by atoms with Gasteiger partial charge in [-0.25, -0.2) is 21.8 Å². The third-order valence-electron chi connectivity index (χ3n) is 12.0. The number of ether oxygens (including phenoxy) is 2. The largest absolute Gasteiger partial charge is 0.469 e. The number of hydrogen-bond donors (Lipinski definition) is 3. The van der Waals surface area contributed by atoms with Gasteiger partial charge in [0.05, 0.1) is 46.9 Å². The Kier molecular flexibility index (Phi) is 14.6. The number of rotatable bonds is 17. The van der Waals surface area contributed by atoms with Crippen LogP contribution >= 0.6 is 0 Å². The van der Waals surface area contributed by atoms with Gasteiger partial charge in [0.2, 0.25) is 0 Å². The summed E-state index contributed by atoms with van der Waals surface area (Å²) in [6.07, 6.45) is 6.06. The minimum atomic E-state index is -3.66. The molecule has 2 amide bonds. The Morgan fingerprint density at radius 1 is 0.585 bits per heavy atom. The highest BCUT2D eigenvalue weighted by Gasteiger charge is 2.30. The minimum Gasteiger partial charge on any atom is -0.469 e. The van der Waals surface area contributed by atoms with Crippen LogP contribution in [0, 0.1) is 20.8 Å². The van der Waals surface area contributed by atoms with Crippen molar-refractivity contribution in [3.63, 3.8) is 0 Å². The number of amides is 2. The van der Waals surface area contributed by atoms with E-state index in [9.17, 15) is 36.0 Å². The molecule has 1 aromatic heterocycles. The van der Waals surface area contributed by atoms with Gasteiger partial charge in [-0.05, 0) is 143 Å². The van der Waals surface area contributed by atoms with E-state index in [1.54, 1.807) is 74.5 Å². The highest BCUT2D eigenvalue weighted by molar-refractivity contribution is 7.91. The van der Waals surface area contributed by atoms with E-state index in [0.717, 1.165) is 33.4 Å². The molecular weight excluding hydrogens is 869 g/mol. The average Bonchev–Trinajstić information content (AvgIpc) is 3.92. The van der Waals surface area contributed by atoms with Crippen LogP contribution in [-0.4, -0.2) is 77.0 Å². The molecule has 0 unspecified atom stereocenters. The zero-order chi connectivity index (χ0) is 47.4.